The summed E-state index contributed by atoms with van der Waals surface area (Å²) in [7, 11) is 0. The van der Waals surface area contributed by atoms with Crippen LogP contribution < -0.4 is 0 Å². The molecule has 19 heavy (non-hydrogen) atoms. The van der Waals surface area contributed by atoms with Crippen molar-refractivity contribution in [3.8, 4) is 0 Å². The van der Waals surface area contributed by atoms with Crippen molar-refractivity contribution >= 4 is 5.97 Å². The van der Waals surface area contributed by atoms with Crippen molar-refractivity contribution in [2.75, 3.05) is 6.61 Å². The molecule has 0 amide bonds. The number of ether oxygens (including phenoxy) is 1. The largest absolute Gasteiger partial charge is 0.481 e. The fourth-order valence-corrected chi connectivity index (χ4v) is 2.52. The van der Waals surface area contributed by atoms with Crippen LogP contribution >= 0.6 is 0 Å². The van der Waals surface area contributed by atoms with E-state index >= 15 is 0 Å². The first kappa shape index (κ1) is 13.9. The van der Waals surface area contributed by atoms with Gasteiger partial charge in [-0.1, -0.05) is 20.3 Å². The Hall–Kier alpha value is -1.50. The average Bonchev–Trinajstić information content (AvgIpc) is 2.95. The minimum absolute atomic E-state index is 0.0347. The molecule has 0 aliphatic carbocycles. The molecule has 0 aromatic carbocycles. The molecular formula is C12H20N4O3. The molecule has 2 heterocycles. The van der Waals surface area contributed by atoms with Crippen LogP contribution in [0, 0.1) is 5.92 Å². The van der Waals surface area contributed by atoms with E-state index in [9.17, 15) is 4.79 Å². The van der Waals surface area contributed by atoms with Gasteiger partial charge in [0.25, 0.3) is 0 Å². The number of rotatable bonds is 6. The molecule has 1 aliphatic heterocycles. The number of carboxylic acid groups (broad SMARTS) is 1. The summed E-state index contributed by atoms with van der Waals surface area (Å²) in [5.74, 6) is 0.182. The smallest absolute Gasteiger partial charge is 0.305 e. The zero-order valence-corrected chi connectivity index (χ0v) is 11.3. The molecular weight excluding hydrogens is 248 g/mol. The molecule has 106 valence electrons. The Balaban J connectivity index is 2.22. The highest BCUT2D eigenvalue weighted by atomic mass is 16.5. The van der Waals surface area contributed by atoms with Gasteiger partial charge < -0.3 is 9.84 Å². The molecule has 0 bridgehead atoms. The monoisotopic (exact) mass is 268 g/mol. The Morgan fingerprint density at radius 2 is 2.42 bits per heavy atom. The zero-order valence-electron chi connectivity index (χ0n) is 11.3. The SMILES string of the molecule is CCCC(CC(=O)O)n1nnnc1C1OCCC1C. The number of aromatic nitrogens is 4. The Kier molecular flexibility index (Phi) is 4.47. The summed E-state index contributed by atoms with van der Waals surface area (Å²) in [6, 6.07) is -0.205. The minimum atomic E-state index is -0.833. The van der Waals surface area contributed by atoms with E-state index in [2.05, 4.69) is 22.4 Å². The normalized spacial score (nSPS) is 24.5. The quantitative estimate of drug-likeness (QED) is 0.842. The van der Waals surface area contributed by atoms with Crippen LogP contribution in [0.5, 0.6) is 0 Å². The molecule has 3 unspecified atom stereocenters. The van der Waals surface area contributed by atoms with Crippen LogP contribution in [0.4, 0.5) is 0 Å². The van der Waals surface area contributed by atoms with Gasteiger partial charge in [-0.3, -0.25) is 4.79 Å². The summed E-state index contributed by atoms with van der Waals surface area (Å²) in [4.78, 5) is 11.0. The van der Waals surface area contributed by atoms with Gasteiger partial charge in [-0.15, -0.1) is 5.10 Å². The summed E-state index contributed by atoms with van der Waals surface area (Å²) < 4.78 is 7.32. The Morgan fingerprint density at radius 1 is 1.63 bits per heavy atom. The fourth-order valence-electron chi connectivity index (χ4n) is 2.52. The maximum Gasteiger partial charge on any atom is 0.305 e. The van der Waals surface area contributed by atoms with E-state index < -0.39 is 5.97 Å². The lowest BCUT2D eigenvalue weighted by molar-refractivity contribution is -0.138. The topological polar surface area (TPSA) is 90.1 Å². The maximum absolute atomic E-state index is 11.0. The highest BCUT2D eigenvalue weighted by molar-refractivity contribution is 5.67. The molecule has 2 rings (SSSR count). The first-order chi connectivity index (χ1) is 9.13. The van der Waals surface area contributed by atoms with Gasteiger partial charge in [-0.2, -0.15) is 0 Å². The van der Waals surface area contributed by atoms with E-state index in [1.807, 2.05) is 6.92 Å². The van der Waals surface area contributed by atoms with E-state index in [0.29, 0.717) is 18.3 Å². The number of hydrogen-bond donors (Lipinski definition) is 1. The van der Waals surface area contributed by atoms with Crippen LogP contribution in [0.1, 0.15) is 57.5 Å². The van der Waals surface area contributed by atoms with E-state index in [4.69, 9.17) is 9.84 Å². The van der Waals surface area contributed by atoms with Crippen LogP contribution in [0.3, 0.4) is 0 Å². The number of carbonyl (C=O) groups is 1. The first-order valence-electron chi connectivity index (χ1n) is 6.74. The van der Waals surface area contributed by atoms with Crippen molar-refractivity contribution in [2.24, 2.45) is 5.92 Å². The summed E-state index contributed by atoms with van der Waals surface area (Å²) in [5.41, 5.74) is 0. The molecule has 1 N–H and O–H groups in total. The lowest BCUT2D eigenvalue weighted by Gasteiger charge is -2.19. The van der Waals surface area contributed by atoms with Crippen LogP contribution in [0.2, 0.25) is 0 Å². The molecule has 0 spiro atoms. The number of nitrogens with zero attached hydrogens (tertiary/aromatic N) is 4. The average molecular weight is 268 g/mol. The fraction of sp³-hybridized carbons (Fsp3) is 0.833. The molecule has 7 nitrogen and oxygen atoms in total. The predicted molar refractivity (Wildman–Crippen MR) is 66.5 cm³/mol. The van der Waals surface area contributed by atoms with Crippen molar-refractivity contribution in [3.05, 3.63) is 5.82 Å². The first-order valence-corrected chi connectivity index (χ1v) is 6.74. The van der Waals surface area contributed by atoms with Crippen molar-refractivity contribution in [2.45, 2.75) is 51.7 Å². The highest BCUT2D eigenvalue weighted by Crippen LogP contribution is 2.34. The molecule has 1 aromatic rings. The van der Waals surface area contributed by atoms with Crippen LogP contribution in [-0.4, -0.2) is 37.9 Å². The lowest BCUT2D eigenvalue weighted by atomic mass is 10.0. The number of aliphatic carboxylic acids is 1. The lowest BCUT2D eigenvalue weighted by Crippen LogP contribution is -2.21. The Labute approximate surface area is 111 Å². The van der Waals surface area contributed by atoms with E-state index in [1.165, 1.54) is 0 Å². The van der Waals surface area contributed by atoms with Gasteiger partial charge in [0.15, 0.2) is 5.82 Å². The Morgan fingerprint density at radius 3 is 3.00 bits per heavy atom. The van der Waals surface area contributed by atoms with E-state index in [-0.39, 0.29) is 18.6 Å². The third kappa shape index (κ3) is 3.09. The summed E-state index contributed by atoms with van der Waals surface area (Å²) >= 11 is 0. The molecule has 3 atom stereocenters. The van der Waals surface area contributed by atoms with Gasteiger partial charge in [0.05, 0.1) is 12.5 Å². The van der Waals surface area contributed by atoms with E-state index in [0.717, 1.165) is 19.3 Å². The van der Waals surface area contributed by atoms with Crippen molar-refractivity contribution in [1.29, 1.82) is 0 Å². The standard InChI is InChI=1S/C12H20N4O3/c1-3-4-9(7-10(17)18)16-12(13-14-15-16)11-8(2)5-6-19-11/h8-9,11H,3-7H2,1-2H3,(H,17,18). The molecule has 1 aliphatic rings. The maximum atomic E-state index is 11.0. The molecule has 1 fully saturated rings. The third-order valence-corrected chi connectivity index (χ3v) is 3.54. The number of hydrogen-bond acceptors (Lipinski definition) is 5. The molecule has 1 aromatic heterocycles. The molecule has 7 heteroatoms. The van der Waals surface area contributed by atoms with Crippen molar-refractivity contribution < 1.29 is 14.6 Å². The van der Waals surface area contributed by atoms with Gasteiger partial charge in [0, 0.05) is 6.61 Å². The minimum Gasteiger partial charge on any atom is -0.481 e. The summed E-state index contributed by atoms with van der Waals surface area (Å²) in [5, 5.41) is 20.7. The van der Waals surface area contributed by atoms with Gasteiger partial charge in [-0.05, 0) is 29.2 Å². The Bertz CT molecular complexity index is 434. The second kappa shape index (κ2) is 6.10. The predicted octanol–water partition coefficient (Wildman–Crippen LogP) is 1.59. The van der Waals surface area contributed by atoms with Crippen molar-refractivity contribution in [3.63, 3.8) is 0 Å². The highest BCUT2D eigenvalue weighted by Gasteiger charge is 2.32. The molecule has 0 saturated carbocycles. The van der Waals surface area contributed by atoms with Crippen molar-refractivity contribution in [1.82, 2.24) is 20.2 Å². The van der Waals surface area contributed by atoms with Gasteiger partial charge in [0.2, 0.25) is 0 Å². The van der Waals surface area contributed by atoms with Crippen LogP contribution in [0.25, 0.3) is 0 Å². The van der Waals surface area contributed by atoms with E-state index in [1.54, 1.807) is 4.68 Å². The zero-order chi connectivity index (χ0) is 13.8. The number of tetrazole rings is 1. The third-order valence-electron chi connectivity index (χ3n) is 3.54. The summed E-state index contributed by atoms with van der Waals surface area (Å²) in [6.45, 7) is 4.83. The number of carboxylic acids is 1. The van der Waals surface area contributed by atoms with Gasteiger partial charge in [0.1, 0.15) is 6.10 Å². The molecule has 0 radical (unpaired) electrons. The second-order valence-electron chi connectivity index (χ2n) is 5.08. The molecule has 1 saturated heterocycles. The van der Waals surface area contributed by atoms with Crippen LogP contribution in [-0.2, 0) is 9.53 Å². The van der Waals surface area contributed by atoms with Gasteiger partial charge >= 0.3 is 5.97 Å². The summed E-state index contributed by atoms with van der Waals surface area (Å²) in [6.07, 6.45) is 2.52. The second-order valence-corrected chi connectivity index (χ2v) is 5.08. The van der Waals surface area contributed by atoms with Gasteiger partial charge in [-0.25, -0.2) is 4.68 Å². The van der Waals surface area contributed by atoms with Crippen LogP contribution in [0.15, 0.2) is 0 Å².